The van der Waals surface area contributed by atoms with Crippen molar-refractivity contribution in [2.45, 2.75) is 17.7 Å². The first-order valence-electron chi connectivity index (χ1n) is 10.2. The first-order valence-corrected chi connectivity index (χ1v) is 11.0. The van der Waals surface area contributed by atoms with Gasteiger partial charge in [-0.1, -0.05) is 6.07 Å². The Morgan fingerprint density at radius 1 is 1.06 bits per heavy atom. The molecule has 1 aliphatic heterocycles. The number of hydrogen-bond acceptors (Lipinski definition) is 6. The average Bonchev–Trinajstić information content (AvgIpc) is 2.81. The molecule has 2 aromatic carbocycles. The molecule has 0 unspecified atom stereocenters. The predicted octanol–water partition coefficient (Wildman–Crippen LogP) is 6.06. The van der Waals surface area contributed by atoms with E-state index in [1.54, 1.807) is 6.20 Å². The quantitative estimate of drug-likeness (QED) is 0.361. The number of hydrogen-bond donors (Lipinski definition) is 2. The molecule has 0 saturated heterocycles. The van der Waals surface area contributed by atoms with E-state index in [0.717, 1.165) is 65.2 Å². The standard InChI is InChI=1S/C24H20F2N4OS/c1-31-24-21(30-32-22-7-5-18(25)12-19(22)26)11-17(13-28-24)14-4-6-20-16(9-14)10-15-3-2-8-27-23(15)29-20/h4-7,9-13,30H,2-3,8H2,1H3,(H,27,29). The van der Waals surface area contributed by atoms with Crippen molar-refractivity contribution in [3.05, 3.63) is 71.9 Å². The van der Waals surface area contributed by atoms with Gasteiger partial charge in [0.1, 0.15) is 23.1 Å². The summed E-state index contributed by atoms with van der Waals surface area (Å²) in [6.45, 7) is 0.955. The van der Waals surface area contributed by atoms with Crippen molar-refractivity contribution in [2.24, 2.45) is 0 Å². The first-order chi connectivity index (χ1) is 15.6. The van der Waals surface area contributed by atoms with Crippen LogP contribution >= 0.6 is 11.9 Å². The molecule has 2 aromatic heterocycles. The summed E-state index contributed by atoms with van der Waals surface area (Å²) in [6, 6.07) is 13.6. The fraction of sp³-hybridized carbons (Fsp3) is 0.167. The second kappa shape index (κ2) is 8.63. The van der Waals surface area contributed by atoms with Crippen LogP contribution in [0.3, 0.4) is 0 Å². The highest BCUT2D eigenvalue weighted by molar-refractivity contribution is 8.00. The van der Waals surface area contributed by atoms with Gasteiger partial charge in [-0.15, -0.1) is 0 Å². The Morgan fingerprint density at radius 3 is 2.81 bits per heavy atom. The third-order valence-corrected chi connectivity index (χ3v) is 6.22. The number of rotatable bonds is 5. The van der Waals surface area contributed by atoms with Gasteiger partial charge in [0.25, 0.3) is 0 Å². The average molecular weight is 451 g/mol. The monoisotopic (exact) mass is 450 g/mol. The number of ether oxygens (including phenoxy) is 1. The smallest absolute Gasteiger partial charge is 0.237 e. The largest absolute Gasteiger partial charge is 0.480 e. The van der Waals surface area contributed by atoms with E-state index in [9.17, 15) is 8.78 Å². The molecule has 0 atom stereocenters. The van der Waals surface area contributed by atoms with Crippen molar-refractivity contribution in [3.63, 3.8) is 0 Å². The molecule has 0 fully saturated rings. The van der Waals surface area contributed by atoms with Crippen LogP contribution in [0.5, 0.6) is 5.88 Å². The minimum atomic E-state index is -0.634. The molecule has 0 radical (unpaired) electrons. The molecule has 3 heterocycles. The van der Waals surface area contributed by atoms with Crippen LogP contribution in [0.2, 0.25) is 0 Å². The number of pyridine rings is 2. The summed E-state index contributed by atoms with van der Waals surface area (Å²) in [4.78, 5) is 9.42. The van der Waals surface area contributed by atoms with E-state index in [-0.39, 0.29) is 4.90 Å². The van der Waals surface area contributed by atoms with Crippen LogP contribution in [0.25, 0.3) is 22.0 Å². The van der Waals surface area contributed by atoms with Gasteiger partial charge in [-0.3, -0.25) is 0 Å². The van der Waals surface area contributed by atoms with Gasteiger partial charge in [0.05, 0.1) is 17.5 Å². The summed E-state index contributed by atoms with van der Waals surface area (Å²) >= 11 is 1.03. The van der Waals surface area contributed by atoms with Crippen LogP contribution in [0.1, 0.15) is 12.0 Å². The van der Waals surface area contributed by atoms with Gasteiger partial charge in [-0.2, -0.15) is 0 Å². The Balaban J connectivity index is 1.46. The van der Waals surface area contributed by atoms with Gasteiger partial charge in [-0.25, -0.2) is 18.7 Å². The number of nitrogens with one attached hydrogen (secondary N) is 2. The molecule has 5 rings (SSSR count). The van der Waals surface area contributed by atoms with Gasteiger partial charge in [0.2, 0.25) is 5.88 Å². The molecule has 0 bridgehead atoms. The van der Waals surface area contributed by atoms with Crippen LogP contribution in [-0.4, -0.2) is 23.6 Å². The van der Waals surface area contributed by atoms with Crippen LogP contribution in [0, 0.1) is 11.6 Å². The molecule has 5 nitrogen and oxygen atoms in total. The van der Waals surface area contributed by atoms with E-state index in [4.69, 9.17) is 9.72 Å². The Kier molecular flexibility index (Phi) is 5.53. The second-order valence-electron chi connectivity index (χ2n) is 7.49. The Bertz CT molecular complexity index is 1310. The molecule has 1 aliphatic rings. The molecule has 4 aromatic rings. The number of fused-ring (bicyclic) bond motifs is 2. The van der Waals surface area contributed by atoms with Gasteiger partial charge in [-0.05, 0) is 72.3 Å². The van der Waals surface area contributed by atoms with Crippen molar-refractivity contribution in [3.8, 4) is 17.0 Å². The van der Waals surface area contributed by atoms with Crippen molar-refractivity contribution in [2.75, 3.05) is 23.7 Å². The molecular weight excluding hydrogens is 430 g/mol. The van der Waals surface area contributed by atoms with E-state index < -0.39 is 11.6 Å². The van der Waals surface area contributed by atoms with E-state index in [2.05, 4.69) is 27.2 Å². The van der Waals surface area contributed by atoms with Crippen molar-refractivity contribution < 1.29 is 13.5 Å². The highest BCUT2D eigenvalue weighted by Gasteiger charge is 2.13. The lowest BCUT2D eigenvalue weighted by Gasteiger charge is -2.17. The Labute approximate surface area is 188 Å². The van der Waals surface area contributed by atoms with Crippen LogP contribution < -0.4 is 14.8 Å². The topological polar surface area (TPSA) is 59.1 Å². The Morgan fingerprint density at radius 2 is 1.97 bits per heavy atom. The van der Waals surface area contributed by atoms with Gasteiger partial charge in [0.15, 0.2) is 0 Å². The lowest BCUT2D eigenvalue weighted by molar-refractivity contribution is 0.400. The van der Waals surface area contributed by atoms with Crippen LogP contribution in [0.15, 0.2) is 59.6 Å². The molecule has 0 amide bonds. The number of anilines is 2. The minimum Gasteiger partial charge on any atom is -0.480 e. The summed E-state index contributed by atoms with van der Waals surface area (Å²) in [6.07, 6.45) is 3.86. The minimum absolute atomic E-state index is 0.272. The normalized spacial score (nSPS) is 12.8. The van der Waals surface area contributed by atoms with Crippen molar-refractivity contribution >= 4 is 34.4 Å². The number of halogens is 2. The van der Waals surface area contributed by atoms with Gasteiger partial charge >= 0.3 is 0 Å². The highest BCUT2D eigenvalue weighted by atomic mass is 32.2. The fourth-order valence-corrected chi connectivity index (χ4v) is 4.40. The lowest BCUT2D eigenvalue weighted by Crippen LogP contribution is -2.13. The molecule has 32 heavy (non-hydrogen) atoms. The number of benzene rings is 2. The summed E-state index contributed by atoms with van der Waals surface area (Å²) in [7, 11) is 1.52. The van der Waals surface area contributed by atoms with E-state index in [1.165, 1.54) is 24.8 Å². The summed E-state index contributed by atoms with van der Waals surface area (Å²) in [5, 5.41) is 4.43. The number of nitrogens with zero attached hydrogens (tertiary/aromatic N) is 2. The third kappa shape index (κ3) is 4.05. The zero-order valence-corrected chi connectivity index (χ0v) is 18.1. The maximum atomic E-state index is 14.0. The lowest BCUT2D eigenvalue weighted by atomic mass is 10.0. The number of aryl methyl sites for hydroxylation is 1. The maximum Gasteiger partial charge on any atom is 0.237 e. The Hall–Kier alpha value is -3.39. The first kappa shape index (κ1) is 20.5. The van der Waals surface area contributed by atoms with Gasteiger partial charge < -0.3 is 14.8 Å². The summed E-state index contributed by atoms with van der Waals surface area (Å²) in [5.74, 6) is 0.104. The maximum absolute atomic E-state index is 14.0. The van der Waals surface area contributed by atoms with Crippen LogP contribution in [-0.2, 0) is 6.42 Å². The molecule has 0 aliphatic carbocycles. The van der Waals surface area contributed by atoms with E-state index >= 15 is 0 Å². The van der Waals surface area contributed by atoms with Crippen molar-refractivity contribution in [1.82, 2.24) is 9.97 Å². The summed E-state index contributed by atoms with van der Waals surface area (Å²) in [5.41, 5.74) is 4.62. The van der Waals surface area contributed by atoms with Crippen LogP contribution in [0.4, 0.5) is 20.3 Å². The van der Waals surface area contributed by atoms with Crippen molar-refractivity contribution in [1.29, 1.82) is 0 Å². The molecule has 162 valence electrons. The second-order valence-corrected chi connectivity index (χ2v) is 8.34. The molecule has 0 saturated carbocycles. The fourth-order valence-electron chi connectivity index (χ4n) is 3.74. The zero-order valence-electron chi connectivity index (χ0n) is 17.3. The SMILES string of the molecule is COc1ncc(-c2ccc3nc4c(cc3c2)CCCN4)cc1NSc1ccc(F)cc1F. The van der Waals surface area contributed by atoms with Gasteiger partial charge in [0, 0.05) is 29.8 Å². The highest BCUT2D eigenvalue weighted by Crippen LogP contribution is 2.34. The predicted molar refractivity (Wildman–Crippen MR) is 124 cm³/mol. The molecule has 2 N–H and O–H groups in total. The molecular formula is C24H20F2N4OS. The zero-order chi connectivity index (χ0) is 22.1. The van der Waals surface area contributed by atoms with E-state index in [0.29, 0.717) is 11.6 Å². The van der Waals surface area contributed by atoms with E-state index in [1.807, 2.05) is 18.2 Å². The third-order valence-electron chi connectivity index (χ3n) is 5.35. The summed E-state index contributed by atoms with van der Waals surface area (Å²) < 4.78 is 35.6. The molecule has 8 heteroatoms. The number of methoxy groups -OCH3 is 1. The molecule has 0 spiro atoms. The number of aromatic nitrogens is 2.